The van der Waals surface area contributed by atoms with Crippen molar-refractivity contribution < 1.29 is 9.13 Å². The van der Waals surface area contributed by atoms with Gasteiger partial charge in [0.2, 0.25) is 0 Å². The van der Waals surface area contributed by atoms with Gasteiger partial charge in [0.25, 0.3) is 0 Å². The molecule has 1 atom stereocenters. The van der Waals surface area contributed by atoms with Crippen molar-refractivity contribution in [3.63, 3.8) is 0 Å². The van der Waals surface area contributed by atoms with Gasteiger partial charge in [0, 0.05) is 12.6 Å². The molecule has 0 aliphatic carbocycles. The summed E-state index contributed by atoms with van der Waals surface area (Å²) in [7, 11) is 0. The molecule has 0 radical (unpaired) electrons. The van der Waals surface area contributed by atoms with Gasteiger partial charge in [0.1, 0.15) is 18.2 Å². The van der Waals surface area contributed by atoms with Crippen molar-refractivity contribution in [2.24, 2.45) is 0 Å². The summed E-state index contributed by atoms with van der Waals surface area (Å²) in [6.45, 7) is 1.41. The Morgan fingerprint density at radius 3 is 2.74 bits per heavy atom. The second-order valence-electron chi connectivity index (χ2n) is 4.83. The molecule has 3 rings (SSSR count). The minimum atomic E-state index is -0.196. The summed E-state index contributed by atoms with van der Waals surface area (Å²) >= 11 is 0. The molecule has 1 heterocycles. The van der Waals surface area contributed by atoms with E-state index < -0.39 is 0 Å². The number of fused-ring (bicyclic) bond motifs is 1. The van der Waals surface area contributed by atoms with Crippen LogP contribution < -0.4 is 10.1 Å². The summed E-state index contributed by atoms with van der Waals surface area (Å²) in [5, 5.41) is 3.45. The van der Waals surface area contributed by atoms with E-state index in [1.165, 1.54) is 17.7 Å². The topological polar surface area (TPSA) is 21.3 Å². The van der Waals surface area contributed by atoms with Gasteiger partial charge >= 0.3 is 0 Å². The SMILES string of the molecule is Fc1ccc(CNC2COc3ccccc3C2)cc1. The van der Waals surface area contributed by atoms with Gasteiger partial charge in [0.05, 0.1) is 0 Å². The van der Waals surface area contributed by atoms with Crippen molar-refractivity contribution >= 4 is 0 Å². The predicted molar refractivity (Wildman–Crippen MR) is 72.7 cm³/mol. The lowest BCUT2D eigenvalue weighted by Gasteiger charge is -2.26. The summed E-state index contributed by atoms with van der Waals surface area (Å²) < 4.78 is 18.5. The molecular formula is C16H16FNO. The Hall–Kier alpha value is -1.87. The average molecular weight is 257 g/mol. The third kappa shape index (κ3) is 2.93. The van der Waals surface area contributed by atoms with E-state index in [0.717, 1.165) is 24.3 Å². The van der Waals surface area contributed by atoms with Crippen LogP contribution in [-0.4, -0.2) is 12.6 Å². The maximum atomic E-state index is 12.8. The number of hydrogen-bond donors (Lipinski definition) is 1. The van der Waals surface area contributed by atoms with Crippen LogP contribution in [0.5, 0.6) is 5.75 Å². The summed E-state index contributed by atoms with van der Waals surface area (Å²) in [6.07, 6.45) is 0.970. The molecule has 0 saturated heterocycles. The number of para-hydroxylation sites is 1. The summed E-state index contributed by atoms with van der Waals surface area (Å²) in [4.78, 5) is 0. The lowest BCUT2D eigenvalue weighted by molar-refractivity contribution is 0.238. The van der Waals surface area contributed by atoms with Crippen LogP contribution in [0, 0.1) is 5.82 Å². The largest absolute Gasteiger partial charge is 0.492 e. The van der Waals surface area contributed by atoms with Crippen LogP contribution in [0.3, 0.4) is 0 Å². The molecule has 2 nitrogen and oxygen atoms in total. The number of hydrogen-bond acceptors (Lipinski definition) is 2. The molecule has 1 aliphatic heterocycles. The molecule has 0 fully saturated rings. The van der Waals surface area contributed by atoms with Crippen molar-refractivity contribution in [2.75, 3.05) is 6.61 Å². The van der Waals surface area contributed by atoms with E-state index in [2.05, 4.69) is 11.4 Å². The number of rotatable bonds is 3. The first-order valence-corrected chi connectivity index (χ1v) is 6.50. The highest BCUT2D eigenvalue weighted by molar-refractivity contribution is 5.35. The van der Waals surface area contributed by atoms with Gasteiger partial charge in [0.15, 0.2) is 0 Å². The van der Waals surface area contributed by atoms with Crippen LogP contribution in [-0.2, 0) is 13.0 Å². The van der Waals surface area contributed by atoms with Gasteiger partial charge in [-0.05, 0) is 35.7 Å². The molecule has 0 saturated carbocycles. The quantitative estimate of drug-likeness (QED) is 0.913. The summed E-state index contributed by atoms with van der Waals surface area (Å²) in [5.41, 5.74) is 2.32. The second-order valence-corrected chi connectivity index (χ2v) is 4.83. The van der Waals surface area contributed by atoms with Gasteiger partial charge in [-0.1, -0.05) is 30.3 Å². The maximum Gasteiger partial charge on any atom is 0.123 e. The Kier molecular flexibility index (Phi) is 3.47. The van der Waals surface area contributed by atoms with Crippen LogP contribution in [0.15, 0.2) is 48.5 Å². The van der Waals surface area contributed by atoms with Gasteiger partial charge in [-0.15, -0.1) is 0 Å². The zero-order chi connectivity index (χ0) is 13.1. The number of ether oxygens (including phenoxy) is 1. The average Bonchev–Trinajstić information content (AvgIpc) is 2.46. The third-order valence-electron chi connectivity index (χ3n) is 3.39. The van der Waals surface area contributed by atoms with Crippen LogP contribution >= 0.6 is 0 Å². The Morgan fingerprint density at radius 2 is 1.89 bits per heavy atom. The lowest BCUT2D eigenvalue weighted by Crippen LogP contribution is -2.38. The molecule has 0 aromatic heterocycles. The van der Waals surface area contributed by atoms with Crippen molar-refractivity contribution in [3.05, 3.63) is 65.5 Å². The molecule has 19 heavy (non-hydrogen) atoms. The Bertz CT molecular complexity index is 553. The zero-order valence-electron chi connectivity index (χ0n) is 10.6. The van der Waals surface area contributed by atoms with Crippen LogP contribution in [0.1, 0.15) is 11.1 Å². The minimum Gasteiger partial charge on any atom is -0.492 e. The van der Waals surface area contributed by atoms with Crippen molar-refractivity contribution in [1.82, 2.24) is 5.32 Å². The molecule has 0 bridgehead atoms. The fourth-order valence-corrected chi connectivity index (χ4v) is 2.32. The molecule has 98 valence electrons. The first-order chi connectivity index (χ1) is 9.31. The predicted octanol–water partition coefficient (Wildman–Crippen LogP) is 2.92. The molecule has 2 aromatic carbocycles. The molecule has 2 aromatic rings. The number of benzene rings is 2. The lowest BCUT2D eigenvalue weighted by atomic mass is 10.0. The van der Waals surface area contributed by atoms with E-state index in [1.54, 1.807) is 12.1 Å². The van der Waals surface area contributed by atoms with E-state index in [1.807, 2.05) is 18.2 Å². The van der Waals surface area contributed by atoms with Gasteiger partial charge in [-0.25, -0.2) is 4.39 Å². The highest BCUT2D eigenvalue weighted by Gasteiger charge is 2.18. The maximum absolute atomic E-state index is 12.8. The van der Waals surface area contributed by atoms with Crippen molar-refractivity contribution in [3.8, 4) is 5.75 Å². The highest BCUT2D eigenvalue weighted by Crippen LogP contribution is 2.23. The smallest absolute Gasteiger partial charge is 0.123 e. The molecule has 1 aliphatic rings. The second kappa shape index (κ2) is 5.41. The third-order valence-corrected chi connectivity index (χ3v) is 3.39. The first-order valence-electron chi connectivity index (χ1n) is 6.50. The van der Waals surface area contributed by atoms with Crippen LogP contribution in [0.25, 0.3) is 0 Å². The van der Waals surface area contributed by atoms with Crippen LogP contribution in [0.2, 0.25) is 0 Å². The fourth-order valence-electron chi connectivity index (χ4n) is 2.32. The van der Waals surface area contributed by atoms with E-state index in [4.69, 9.17) is 4.74 Å². The molecular weight excluding hydrogens is 241 g/mol. The fraction of sp³-hybridized carbons (Fsp3) is 0.250. The van der Waals surface area contributed by atoms with Gasteiger partial charge < -0.3 is 10.1 Å². The number of halogens is 1. The molecule has 0 spiro atoms. The summed E-state index contributed by atoms with van der Waals surface area (Å²) in [6, 6.07) is 15.0. The van der Waals surface area contributed by atoms with E-state index in [9.17, 15) is 4.39 Å². The van der Waals surface area contributed by atoms with Gasteiger partial charge in [-0.2, -0.15) is 0 Å². The molecule has 0 amide bonds. The van der Waals surface area contributed by atoms with Gasteiger partial charge in [-0.3, -0.25) is 0 Å². The monoisotopic (exact) mass is 257 g/mol. The number of nitrogens with one attached hydrogen (secondary N) is 1. The van der Waals surface area contributed by atoms with Crippen LogP contribution in [0.4, 0.5) is 4.39 Å². The zero-order valence-corrected chi connectivity index (χ0v) is 10.6. The van der Waals surface area contributed by atoms with Crippen molar-refractivity contribution in [1.29, 1.82) is 0 Å². The van der Waals surface area contributed by atoms with E-state index in [0.29, 0.717) is 12.6 Å². The first kappa shape index (κ1) is 12.2. The van der Waals surface area contributed by atoms with Crippen molar-refractivity contribution in [2.45, 2.75) is 19.0 Å². The molecule has 3 heteroatoms. The Morgan fingerprint density at radius 1 is 1.11 bits per heavy atom. The molecule has 1 N–H and O–H groups in total. The van der Waals surface area contributed by atoms with E-state index in [-0.39, 0.29) is 5.82 Å². The minimum absolute atomic E-state index is 0.196. The Labute approximate surface area is 112 Å². The standard InChI is InChI=1S/C16H16FNO/c17-14-7-5-12(6-8-14)10-18-15-9-13-3-1-2-4-16(13)19-11-15/h1-8,15,18H,9-11H2. The Balaban J connectivity index is 1.59. The molecule has 1 unspecified atom stereocenters. The normalized spacial score (nSPS) is 17.6. The highest BCUT2D eigenvalue weighted by atomic mass is 19.1. The summed E-state index contributed by atoms with van der Waals surface area (Å²) in [5.74, 6) is 0.793. The van der Waals surface area contributed by atoms with E-state index >= 15 is 0 Å².